The van der Waals surface area contributed by atoms with Gasteiger partial charge in [-0.2, -0.15) is 0 Å². The van der Waals surface area contributed by atoms with E-state index < -0.39 is 51.4 Å². The zero-order valence-electron chi connectivity index (χ0n) is 31.0. The molecule has 53 heavy (non-hydrogen) atoms. The van der Waals surface area contributed by atoms with Gasteiger partial charge in [0.2, 0.25) is 0 Å². The molecule has 0 radical (unpaired) electrons. The molecule has 0 aromatic carbocycles. The molecule has 12 bridgehead atoms. The summed E-state index contributed by atoms with van der Waals surface area (Å²) in [4.78, 5) is 41.7. The molecule has 1 spiro atoms. The Morgan fingerprint density at radius 3 is 1.43 bits per heavy atom. The Morgan fingerprint density at radius 1 is 0.604 bits per heavy atom. The third-order valence-corrected chi connectivity index (χ3v) is 20.8. The van der Waals surface area contributed by atoms with Crippen LogP contribution in [0.2, 0.25) is 0 Å². The van der Waals surface area contributed by atoms with Crippen molar-refractivity contribution in [3.63, 3.8) is 0 Å². The summed E-state index contributed by atoms with van der Waals surface area (Å²) in [6, 6.07) is 0. The lowest BCUT2D eigenvalue weighted by molar-refractivity contribution is -0.202. The molecule has 12 saturated carbocycles. The Labute approximate surface area is 319 Å². The lowest BCUT2D eigenvalue weighted by Gasteiger charge is -2.65. The van der Waals surface area contributed by atoms with Crippen LogP contribution in [0.25, 0.3) is 0 Å². The van der Waals surface area contributed by atoms with E-state index in [1.165, 1.54) is 0 Å². The second kappa shape index (κ2) is 11.7. The van der Waals surface area contributed by atoms with Crippen LogP contribution in [-0.2, 0) is 28.6 Å². The Balaban J connectivity index is 0.871. The summed E-state index contributed by atoms with van der Waals surface area (Å²) >= 11 is 3.77. The number of aliphatic hydroxyl groups is 2. The maximum atomic E-state index is 14.2. The van der Waals surface area contributed by atoms with Crippen LogP contribution < -0.4 is 0 Å². The summed E-state index contributed by atoms with van der Waals surface area (Å²) in [5.74, 6) is -0.368. The van der Waals surface area contributed by atoms with Gasteiger partial charge in [0.15, 0.2) is 6.61 Å². The molecule has 8 nitrogen and oxygen atoms in total. The van der Waals surface area contributed by atoms with E-state index in [0.717, 1.165) is 84.0 Å². The molecule has 0 amide bonds. The molecule has 12 aliphatic carbocycles. The van der Waals surface area contributed by atoms with Gasteiger partial charge in [-0.25, -0.2) is 8.78 Å². The largest absolute Gasteiger partial charge is 0.464 e. The maximum absolute atomic E-state index is 14.2. The molecular formula is C41H56F2O8S2. The molecule has 1 saturated heterocycles. The minimum Gasteiger partial charge on any atom is -0.464 e. The van der Waals surface area contributed by atoms with Crippen LogP contribution in [0.5, 0.6) is 0 Å². The van der Waals surface area contributed by atoms with E-state index in [2.05, 4.69) is 0 Å². The van der Waals surface area contributed by atoms with Gasteiger partial charge in [0.25, 0.3) is 5.92 Å². The third-order valence-electron chi connectivity index (χ3n) is 16.4. The summed E-state index contributed by atoms with van der Waals surface area (Å²) < 4.78 is 45.2. The summed E-state index contributed by atoms with van der Waals surface area (Å²) in [6.45, 7) is 0.189. The van der Waals surface area contributed by atoms with E-state index in [9.17, 15) is 33.4 Å². The van der Waals surface area contributed by atoms with Gasteiger partial charge < -0.3 is 24.4 Å². The van der Waals surface area contributed by atoms with Gasteiger partial charge in [0.1, 0.15) is 13.2 Å². The zero-order chi connectivity index (χ0) is 36.9. The smallest absolute Gasteiger partial charge is 0.312 e. The molecule has 6 unspecified atom stereocenters. The zero-order valence-corrected chi connectivity index (χ0v) is 32.6. The van der Waals surface area contributed by atoms with Crippen LogP contribution in [0.1, 0.15) is 116 Å². The maximum Gasteiger partial charge on any atom is 0.312 e. The van der Waals surface area contributed by atoms with Gasteiger partial charge >= 0.3 is 17.9 Å². The molecule has 12 heteroatoms. The van der Waals surface area contributed by atoms with Crippen LogP contribution in [0.15, 0.2) is 0 Å². The number of carbonyl (C=O) groups is 3. The molecule has 13 rings (SSSR count). The predicted molar refractivity (Wildman–Crippen MR) is 194 cm³/mol. The summed E-state index contributed by atoms with van der Waals surface area (Å²) in [5, 5.41) is 22.7. The summed E-state index contributed by atoms with van der Waals surface area (Å²) in [7, 11) is 0. The quantitative estimate of drug-likeness (QED) is 0.189. The lowest BCUT2D eigenvalue weighted by atomic mass is 9.48. The second-order valence-corrected chi connectivity index (χ2v) is 23.9. The summed E-state index contributed by atoms with van der Waals surface area (Å²) in [5.41, 5.74) is -4.15. The molecule has 13 aliphatic rings. The Morgan fingerprint density at radius 2 is 1.02 bits per heavy atom. The van der Waals surface area contributed by atoms with Crippen LogP contribution in [0, 0.1) is 63.1 Å². The normalized spacial score (nSPS) is 52.6. The average Bonchev–Trinajstić information content (AvgIpc) is 3.05. The number of alkyl halides is 2. The standard InChI is InChI=1S/C41H56F2O8S2/c1-34(42,43)19-49-31(44)36-6-24-4-29(15-36)41(30(5-24)16-36)52-22-35(23-53-41,20-50-32(45)37-7-25-2-26(8-37)12-39(47,11-25)17-37)21-51-33(46)38-9-27-3-28(10-38)14-40(48,13-27)18-38/h24-30,47-48H,2-23H2,1H3. The molecule has 0 aromatic rings. The van der Waals surface area contributed by atoms with E-state index in [1.807, 2.05) is 23.5 Å². The number of esters is 3. The van der Waals surface area contributed by atoms with E-state index in [-0.39, 0.29) is 41.1 Å². The van der Waals surface area contributed by atoms with Crippen molar-refractivity contribution in [2.24, 2.45) is 63.1 Å². The molecule has 0 aromatic heterocycles. The van der Waals surface area contributed by atoms with Gasteiger partial charge in [-0.15, -0.1) is 23.5 Å². The van der Waals surface area contributed by atoms with Crippen molar-refractivity contribution < 1.29 is 47.6 Å². The van der Waals surface area contributed by atoms with E-state index in [4.69, 9.17) is 14.2 Å². The Hall–Kier alpha value is -1.11. The van der Waals surface area contributed by atoms with Crippen molar-refractivity contribution in [3.8, 4) is 0 Å². The Bertz CT molecular complexity index is 1460. The number of carbonyl (C=O) groups excluding carboxylic acids is 3. The fraction of sp³-hybridized carbons (Fsp3) is 0.927. The highest BCUT2D eigenvalue weighted by Crippen LogP contribution is 2.73. The van der Waals surface area contributed by atoms with E-state index >= 15 is 0 Å². The van der Waals surface area contributed by atoms with Crippen LogP contribution in [0.4, 0.5) is 8.78 Å². The molecule has 2 N–H and O–H groups in total. The molecule has 6 atom stereocenters. The van der Waals surface area contributed by atoms with Crippen LogP contribution in [0.3, 0.4) is 0 Å². The first kappa shape index (κ1) is 36.2. The van der Waals surface area contributed by atoms with Gasteiger partial charge in [-0.05, 0) is 151 Å². The van der Waals surface area contributed by atoms with Crippen LogP contribution >= 0.6 is 23.5 Å². The minimum atomic E-state index is -3.06. The van der Waals surface area contributed by atoms with Crippen molar-refractivity contribution in [1.29, 1.82) is 0 Å². The third kappa shape index (κ3) is 5.88. The van der Waals surface area contributed by atoms with E-state index in [1.54, 1.807) is 0 Å². The van der Waals surface area contributed by atoms with Gasteiger partial charge in [-0.3, -0.25) is 14.4 Å². The van der Waals surface area contributed by atoms with Crippen molar-refractivity contribution in [1.82, 2.24) is 0 Å². The first-order chi connectivity index (χ1) is 24.9. The molecule has 294 valence electrons. The fourth-order valence-corrected chi connectivity index (χ4v) is 19.5. The first-order valence-corrected chi connectivity index (χ1v) is 22.5. The molecular weight excluding hydrogens is 723 g/mol. The van der Waals surface area contributed by atoms with Crippen LogP contribution in [-0.4, -0.2) is 80.7 Å². The number of ether oxygens (including phenoxy) is 3. The Kier molecular flexibility index (Phi) is 8.03. The SMILES string of the molecule is CC(F)(F)COC(=O)C12CC3CC(C1)C1(SCC(COC(=O)C45CC6CC(CC(O)(C6)C4)C5)(COC(=O)C45CC6CC(CC(O)(C6)C4)C5)CS1)C(C3)C2. The van der Waals surface area contributed by atoms with Crippen molar-refractivity contribution in [3.05, 3.63) is 0 Å². The molecule has 1 aliphatic heterocycles. The van der Waals surface area contributed by atoms with E-state index in [0.29, 0.717) is 73.2 Å². The molecule has 1 heterocycles. The monoisotopic (exact) mass is 778 g/mol. The van der Waals surface area contributed by atoms with Gasteiger partial charge in [-0.1, -0.05) is 0 Å². The highest BCUT2D eigenvalue weighted by molar-refractivity contribution is 8.18. The van der Waals surface area contributed by atoms with Crippen molar-refractivity contribution in [2.45, 2.75) is 137 Å². The average molecular weight is 779 g/mol. The molecule has 13 fully saturated rings. The highest BCUT2D eigenvalue weighted by Gasteiger charge is 2.68. The lowest BCUT2D eigenvalue weighted by Crippen LogP contribution is -2.63. The van der Waals surface area contributed by atoms with Gasteiger partial charge in [0.05, 0.1) is 36.9 Å². The number of rotatable bonds is 9. The predicted octanol–water partition coefficient (Wildman–Crippen LogP) is 6.92. The topological polar surface area (TPSA) is 119 Å². The number of thioether (sulfide) groups is 2. The summed E-state index contributed by atoms with van der Waals surface area (Å²) in [6.07, 6.45) is 13.3. The number of hydrogen-bond donors (Lipinski definition) is 2. The fourth-order valence-electron chi connectivity index (χ4n) is 15.5. The van der Waals surface area contributed by atoms with Crippen molar-refractivity contribution >= 4 is 41.4 Å². The van der Waals surface area contributed by atoms with Crippen molar-refractivity contribution in [2.75, 3.05) is 31.3 Å². The first-order valence-electron chi connectivity index (χ1n) is 20.6. The number of hydrogen-bond acceptors (Lipinski definition) is 10. The highest BCUT2D eigenvalue weighted by atomic mass is 32.2. The number of halogens is 2. The second-order valence-electron chi connectivity index (χ2n) is 21.2. The van der Waals surface area contributed by atoms with Gasteiger partial charge in [0, 0.05) is 18.4 Å². The minimum absolute atomic E-state index is 0.140.